The Kier molecular flexibility index (Phi) is 4.48. The Labute approximate surface area is 125 Å². The van der Waals surface area contributed by atoms with E-state index in [9.17, 15) is 4.79 Å². The summed E-state index contributed by atoms with van der Waals surface area (Å²) in [6.45, 7) is 2.42. The Morgan fingerprint density at radius 2 is 1.95 bits per heavy atom. The van der Waals surface area contributed by atoms with Gasteiger partial charge in [0.15, 0.2) is 0 Å². The number of ether oxygens (including phenoxy) is 1. The lowest BCUT2D eigenvalue weighted by atomic mass is 10.1. The Morgan fingerprint density at radius 3 is 2.62 bits per heavy atom. The van der Waals surface area contributed by atoms with Crippen LogP contribution in [0.2, 0.25) is 0 Å². The quantitative estimate of drug-likeness (QED) is 0.878. The number of methoxy groups -OCH3 is 1. The van der Waals surface area contributed by atoms with Gasteiger partial charge < -0.3 is 15.4 Å². The zero-order valence-electron chi connectivity index (χ0n) is 12.6. The van der Waals surface area contributed by atoms with Gasteiger partial charge in [-0.1, -0.05) is 24.3 Å². The normalized spacial score (nSPS) is 10.2. The predicted octanol–water partition coefficient (Wildman–Crippen LogP) is 2.86. The molecule has 4 nitrogen and oxygen atoms in total. The summed E-state index contributed by atoms with van der Waals surface area (Å²) in [4.78, 5) is 14.1. The largest absolute Gasteiger partial charge is 0.496 e. The van der Waals surface area contributed by atoms with Gasteiger partial charge in [-0.3, -0.25) is 4.79 Å². The van der Waals surface area contributed by atoms with Gasteiger partial charge in [0.05, 0.1) is 12.7 Å². The van der Waals surface area contributed by atoms with Crippen LogP contribution in [-0.2, 0) is 6.54 Å². The minimum Gasteiger partial charge on any atom is -0.496 e. The number of carbonyl (C=O) groups is 1. The van der Waals surface area contributed by atoms with E-state index in [-0.39, 0.29) is 5.91 Å². The number of hydrogen-bond donors (Lipinski definition) is 1. The van der Waals surface area contributed by atoms with Crippen LogP contribution < -0.4 is 10.5 Å². The average Bonchev–Trinajstić information content (AvgIpc) is 2.47. The van der Waals surface area contributed by atoms with Crippen molar-refractivity contribution in [2.75, 3.05) is 19.9 Å². The van der Waals surface area contributed by atoms with Crippen molar-refractivity contribution in [2.45, 2.75) is 13.5 Å². The minimum absolute atomic E-state index is 0.0987. The van der Waals surface area contributed by atoms with Crippen molar-refractivity contribution >= 4 is 11.6 Å². The number of nitrogens with zero attached hydrogens (tertiary/aromatic N) is 1. The average molecular weight is 284 g/mol. The van der Waals surface area contributed by atoms with Crippen LogP contribution in [0.1, 0.15) is 21.5 Å². The number of rotatable bonds is 4. The first-order valence-corrected chi connectivity index (χ1v) is 6.76. The van der Waals surface area contributed by atoms with Crippen molar-refractivity contribution in [1.82, 2.24) is 4.90 Å². The molecule has 2 aromatic rings. The highest BCUT2D eigenvalue weighted by Crippen LogP contribution is 2.21. The molecule has 0 atom stereocenters. The first kappa shape index (κ1) is 14.9. The summed E-state index contributed by atoms with van der Waals surface area (Å²) in [5, 5.41) is 0. The molecule has 0 bridgehead atoms. The van der Waals surface area contributed by atoms with Crippen LogP contribution in [0.3, 0.4) is 0 Å². The van der Waals surface area contributed by atoms with E-state index in [2.05, 4.69) is 0 Å². The standard InChI is InChI=1S/C17H20N2O2/c1-12-8-9-14(15(18)10-12)17(20)19(2)11-13-6-4-5-7-16(13)21-3/h4-10H,11,18H2,1-3H3. The highest BCUT2D eigenvalue weighted by molar-refractivity contribution is 5.99. The Bertz CT molecular complexity index is 653. The molecule has 0 aliphatic rings. The molecule has 0 aromatic heterocycles. The van der Waals surface area contributed by atoms with Gasteiger partial charge in [0.1, 0.15) is 5.75 Å². The molecule has 0 saturated heterocycles. The first-order valence-electron chi connectivity index (χ1n) is 6.76. The molecule has 0 radical (unpaired) electrons. The third-order valence-electron chi connectivity index (χ3n) is 3.38. The minimum atomic E-state index is -0.0987. The molecule has 0 heterocycles. The van der Waals surface area contributed by atoms with Gasteiger partial charge in [-0.05, 0) is 30.7 Å². The molecule has 4 heteroatoms. The van der Waals surface area contributed by atoms with Crippen LogP contribution in [0, 0.1) is 6.92 Å². The van der Waals surface area contributed by atoms with Crippen molar-refractivity contribution in [1.29, 1.82) is 0 Å². The zero-order chi connectivity index (χ0) is 15.4. The maximum absolute atomic E-state index is 12.5. The molecule has 2 rings (SSSR count). The summed E-state index contributed by atoms with van der Waals surface area (Å²) < 4.78 is 5.31. The topological polar surface area (TPSA) is 55.6 Å². The molecule has 0 fully saturated rings. The van der Waals surface area contributed by atoms with Crippen LogP contribution in [0.4, 0.5) is 5.69 Å². The molecular formula is C17H20N2O2. The van der Waals surface area contributed by atoms with E-state index in [0.29, 0.717) is 17.8 Å². The van der Waals surface area contributed by atoms with E-state index in [1.165, 1.54) is 0 Å². The monoisotopic (exact) mass is 284 g/mol. The number of nitrogen functional groups attached to an aromatic ring is 1. The first-order chi connectivity index (χ1) is 10.0. The Morgan fingerprint density at radius 1 is 1.24 bits per heavy atom. The molecule has 110 valence electrons. The van der Waals surface area contributed by atoms with Gasteiger partial charge in [0, 0.05) is 24.8 Å². The van der Waals surface area contributed by atoms with Crippen molar-refractivity contribution < 1.29 is 9.53 Å². The van der Waals surface area contributed by atoms with Gasteiger partial charge in [0.2, 0.25) is 0 Å². The molecular weight excluding hydrogens is 264 g/mol. The van der Waals surface area contributed by atoms with Crippen molar-refractivity contribution in [3.8, 4) is 5.75 Å². The fraction of sp³-hybridized carbons (Fsp3) is 0.235. The van der Waals surface area contributed by atoms with E-state index in [0.717, 1.165) is 16.9 Å². The maximum atomic E-state index is 12.5. The fourth-order valence-electron chi connectivity index (χ4n) is 2.24. The summed E-state index contributed by atoms with van der Waals surface area (Å²) >= 11 is 0. The van der Waals surface area contributed by atoms with Crippen molar-refractivity contribution in [3.63, 3.8) is 0 Å². The van der Waals surface area contributed by atoms with E-state index >= 15 is 0 Å². The molecule has 0 unspecified atom stereocenters. The number of para-hydroxylation sites is 1. The van der Waals surface area contributed by atoms with Crippen LogP contribution in [-0.4, -0.2) is 25.0 Å². The molecule has 2 aromatic carbocycles. The highest BCUT2D eigenvalue weighted by Gasteiger charge is 2.16. The summed E-state index contributed by atoms with van der Waals surface area (Å²) in [5.41, 5.74) is 8.97. The van der Waals surface area contributed by atoms with Gasteiger partial charge in [0.25, 0.3) is 5.91 Å². The number of carbonyl (C=O) groups excluding carboxylic acids is 1. The molecule has 0 aliphatic heterocycles. The SMILES string of the molecule is COc1ccccc1CN(C)C(=O)c1ccc(C)cc1N. The molecule has 0 saturated carbocycles. The van der Waals surface area contributed by atoms with Crippen molar-refractivity contribution in [2.24, 2.45) is 0 Å². The third-order valence-corrected chi connectivity index (χ3v) is 3.38. The predicted molar refractivity (Wildman–Crippen MR) is 84.4 cm³/mol. The maximum Gasteiger partial charge on any atom is 0.255 e. The second-order valence-corrected chi connectivity index (χ2v) is 5.06. The van der Waals surface area contributed by atoms with Gasteiger partial charge in [-0.2, -0.15) is 0 Å². The van der Waals surface area contributed by atoms with Gasteiger partial charge in [-0.15, -0.1) is 0 Å². The van der Waals surface area contributed by atoms with Crippen LogP contribution >= 0.6 is 0 Å². The fourth-order valence-corrected chi connectivity index (χ4v) is 2.24. The molecule has 0 aliphatic carbocycles. The number of amides is 1. The molecule has 0 spiro atoms. The van der Waals surface area contributed by atoms with E-state index in [1.807, 2.05) is 43.3 Å². The smallest absolute Gasteiger partial charge is 0.255 e. The highest BCUT2D eigenvalue weighted by atomic mass is 16.5. The lowest BCUT2D eigenvalue weighted by Gasteiger charge is -2.19. The zero-order valence-corrected chi connectivity index (χ0v) is 12.6. The summed E-state index contributed by atoms with van der Waals surface area (Å²) in [7, 11) is 3.38. The second kappa shape index (κ2) is 6.31. The summed E-state index contributed by atoms with van der Waals surface area (Å²) in [5.74, 6) is 0.674. The van der Waals surface area contributed by atoms with Crippen LogP contribution in [0.25, 0.3) is 0 Å². The molecule has 1 amide bonds. The Balaban J connectivity index is 2.19. The van der Waals surface area contributed by atoms with E-state index in [1.54, 1.807) is 25.1 Å². The number of benzene rings is 2. The summed E-state index contributed by atoms with van der Waals surface area (Å²) in [6.07, 6.45) is 0. The second-order valence-electron chi connectivity index (χ2n) is 5.06. The lowest BCUT2D eigenvalue weighted by molar-refractivity contribution is 0.0785. The number of hydrogen-bond acceptors (Lipinski definition) is 3. The lowest BCUT2D eigenvalue weighted by Crippen LogP contribution is -2.27. The number of nitrogens with two attached hydrogens (primary N) is 1. The van der Waals surface area contributed by atoms with Crippen molar-refractivity contribution in [3.05, 3.63) is 59.2 Å². The molecule has 21 heavy (non-hydrogen) atoms. The molecule has 2 N–H and O–H groups in total. The number of aryl methyl sites for hydroxylation is 1. The van der Waals surface area contributed by atoms with Gasteiger partial charge in [-0.25, -0.2) is 0 Å². The van der Waals surface area contributed by atoms with Gasteiger partial charge >= 0.3 is 0 Å². The summed E-state index contributed by atoms with van der Waals surface area (Å²) in [6, 6.07) is 13.1. The van der Waals surface area contributed by atoms with E-state index < -0.39 is 0 Å². The Hall–Kier alpha value is -2.49. The van der Waals surface area contributed by atoms with E-state index in [4.69, 9.17) is 10.5 Å². The third kappa shape index (κ3) is 3.34. The van der Waals surface area contributed by atoms with Crippen LogP contribution in [0.15, 0.2) is 42.5 Å². The van der Waals surface area contributed by atoms with Crippen LogP contribution in [0.5, 0.6) is 5.75 Å². The number of anilines is 1.